The third-order valence-corrected chi connectivity index (χ3v) is 7.57. The largest absolute Gasteiger partial charge is 0.381 e. The molecule has 0 radical (unpaired) electrons. The summed E-state index contributed by atoms with van der Waals surface area (Å²) in [7, 11) is 0. The van der Waals surface area contributed by atoms with Crippen LogP contribution in [0, 0.1) is 5.82 Å². The van der Waals surface area contributed by atoms with Crippen LogP contribution in [0.15, 0.2) is 37.1 Å². The summed E-state index contributed by atoms with van der Waals surface area (Å²) in [4.78, 5) is 36.3. The highest BCUT2D eigenvalue weighted by Crippen LogP contribution is 2.25. The number of hydrogen-bond donors (Lipinski definition) is 3. The van der Waals surface area contributed by atoms with Gasteiger partial charge in [0.1, 0.15) is 11.9 Å². The van der Waals surface area contributed by atoms with Crippen molar-refractivity contribution in [2.24, 2.45) is 0 Å². The quantitative estimate of drug-likeness (QED) is 0.332. The van der Waals surface area contributed by atoms with Gasteiger partial charge < -0.3 is 25.6 Å². The number of piperidine rings is 1. The minimum absolute atomic E-state index is 0.0572. The topological polar surface area (TPSA) is 126 Å². The maximum Gasteiger partial charge on any atom is 0.247 e. The molecule has 1 unspecified atom stereocenters. The van der Waals surface area contributed by atoms with Gasteiger partial charge in [0.15, 0.2) is 5.65 Å². The van der Waals surface area contributed by atoms with Crippen LogP contribution in [0.5, 0.6) is 0 Å². The van der Waals surface area contributed by atoms with Gasteiger partial charge in [0.25, 0.3) is 0 Å². The number of nitrogens with zero attached hydrogens (tertiary/aromatic N) is 5. The number of fused-ring (bicyclic) bond motifs is 1. The van der Waals surface area contributed by atoms with E-state index >= 15 is 0 Å². The van der Waals surface area contributed by atoms with Crippen LogP contribution in [-0.4, -0.2) is 68.1 Å². The monoisotopic (exact) mass is 564 g/mol. The highest BCUT2D eigenvalue weighted by Gasteiger charge is 2.31. The van der Waals surface area contributed by atoms with Crippen LogP contribution < -0.4 is 16.0 Å². The van der Waals surface area contributed by atoms with E-state index in [0.29, 0.717) is 50.3 Å². The van der Waals surface area contributed by atoms with E-state index < -0.39 is 17.8 Å². The van der Waals surface area contributed by atoms with Crippen molar-refractivity contribution in [2.45, 2.75) is 70.5 Å². The molecule has 0 saturated carbocycles. The average molecular weight is 565 g/mol. The molecule has 0 spiro atoms. The van der Waals surface area contributed by atoms with Gasteiger partial charge in [0, 0.05) is 37.9 Å². The Morgan fingerprint density at radius 2 is 2.00 bits per heavy atom. The van der Waals surface area contributed by atoms with E-state index in [1.165, 1.54) is 17.0 Å². The van der Waals surface area contributed by atoms with Crippen LogP contribution in [0.25, 0.3) is 5.65 Å². The van der Waals surface area contributed by atoms with E-state index in [0.717, 1.165) is 36.8 Å². The number of benzene rings is 1. The smallest absolute Gasteiger partial charge is 0.247 e. The molecule has 3 N–H and O–H groups in total. The standard InChI is InChI=1S/C29H37FN8O3/c1-4-25(39)37-12-6-5-7-24(37)27(40)34-23-15-19(8-9-22(23)30)16-31-29-36-28(33-20-10-13-41-14-11-20)35-26-21(18(2)3)17-32-38(26)29/h4,8-9,15,17-18,20,24H,1,5-7,10-14,16H2,2-3H3,(H,34,40)(H2,31,33,35,36). The fourth-order valence-electron chi connectivity index (χ4n) is 5.27. The minimum Gasteiger partial charge on any atom is -0.381 e. The summed E-state index contributed by atoms with van der Waals surface area (Å²) in [5, 5.41) is 14.0. The number of halogens is 1. The van der Waals surface area contributed by atoms with Crippen molar-refractivity contribution in [2.75, 3.05) is 35.7 Å². The van der Waals surface area contributed by atoms with E-state index in [-0.39, 0.29) is 23.6 Å². The van der Waals surface area contributed by atoms with E-state index in [1.54, 1.807) is 22.8 Å². The predicted molar refractivity (Wildman–Crippen MR) is 154 cm³/mol. The fourth-order valence-corrected chi connectivity index (χ4v) is 5.27. The molecule has 1 aromatic carbocycles. The first kappa shape index (κ1) is 28.5. The lowest BCUT2D eigenvalue weighted by atomic mass is 10.0. The van der Waals surface area contributed by atoms with Crippen molar-refractivity contribution >= 4 is 35.0 Å². The van der Waals surface area contributed by atoms with Gasteiger partial charge in [-0.3, -0.25) is 9.59 Å². The zero-order chi connectivity index (χ0) is 28.9. The molecule has 0 aliphatic carbocycles. The number of hydrogen-bond acceptors (Lipinski definition) is 8. The van der Waals surface area contributed by atoms with Gasteiger partial charge in [-0.25, -0.2) is 4.39 Å². The average Bonchev–Trinajstić information content (AvgIpc) is 3.42. The summed E-state index contributed by atoms with van der Waals surface area (Å²) in [6.07, 6.45) is 6.90. The first-order chi connectivity index (χ1) is 19.8. The van der Waals surface area contributed by atoms with E-state index in [1.807, 2.05) is 0 Å². The van der Waals surface area contributed by atoms with Crippen molar-refractivity contribution in [3.8, 4) is 0 Å². The minimum atomic E-state index is -0.665. The normalized spacial score (nSPS) is 18.0. The molecule has 2 aromatic heterocycles. The van der Waals surface area contributed by atoms with Gasteiger partial charge in [-0.1, -0.05) is 26.5 Å². The molecule has 1 atom stereocenters. The van der Waals surface area contributed by atoms with Crippen LogP contribution in [0.2, 0.25) is 0 Å². The lowest BCUT2D eigenvalue weighted by Crippen LogP contribution is -2.49. The second-order valence-electron chi connectivity index (χ2n) is 10.8. The van der Waals surface area contributed by atoms with Gasteiger partial charge in [-0.05, 0) is 61.8 Å². The van der Waals surface area contributed by atoms with E-state index in [4.69, 9.17) is 14.7 Å². The molecule has 0 bridgehead atoms. The third kappa shape index (κ3) is 6.48. The SMILES string of the molecule is C=CC(=O)N1CCCCC1C(=O)Nc1cc(CNc2nc(NC3CCOCC3)nc3c(C(C)C)cnn23)ccc1F. The van der Waals surface area contributed by atoms with Gasteiger partial charge in [0.2, 0.25) is 23.7 Å². The van der Waals surface area contributed by atoms with Crippen molar-refractivity contribution in [1.29, 1.82) is 0 Å². The second-order valence-corrected chi connectivity index (χ2v) is 10.8. The highest BCUT2D eigenvalue weighted by molar-refractivity contribution is 5.99. The molecule has 2 saturated heterocycles. The number of ether oxygens (including phenoxy) is 1. The maximum atomic E-state index is 14.8. The molecular weight excluding hydrogens is 527 g/mol. The Balaban J connectivity index is 1.34. The zero-order valence-electron chi connectivity index (χ0n) is 23.5. The molecule has 2 aliphatic heterocycles. The van der Waals surface area contributed by atoms with E-state index in [9.17, 15) is 14.0 Å². The fraction of sp³-hybridized carbons (Fsp3) is 0.483. The first-order valence-corrected chi connectivity index (χ1v) is 14.2. The Morgan fingerprint density at radius 3 is 2.76 bits per heavy atom. The molecule has 2 amide bonds. The molecule has 2 aliphatic rings. The summed E-state index contributed by atoms with van der Waals surface area (Å²) in [6, 6.07) is 4.11. The van der Waals surface area contributed by atoms with Gasteiger partial charge in [-0.15, -0.1) is 0 Å². The van der Waals surface area contributed by atoms with E-state index in [2.05, 4.69) is 41.5 Å². The maximum absolute atomic E-state index is 14.8. The Hall–Kier alpha value is -4.06. The molecular formula is C29H37FN8O3. The first-order valence-electron chi connectivity index (χ1n) is 14.2. The number of anilines is 3. The second kappa shape index (κ2) is 12.6. The van der Waals surface area contributed by atoms with Crippen LogP contribution in [0.3, 0.4) is 0 Å². The Kier molecular flexibility index (Phi) is 8.77. The van der Waals surface area contributed by atoms with Crippen molar-refractivity contribution in [3.63, 3.8) is 0 Å². The molecule has 218 valence electrons. The van der Waals surface area contributed by atoms with Gasteiger partial charge in [-0.2, -0.15) is 19.6 Å². The molecule has 11 nitrogen and oxygen atoms in total. The molecule has 5 rings (SSSR count). The van der Waals surface area contributed by atoms with Gasteiger partial charge >= 0.3 is 0 Å². The summed E-state index contributed by atoms with van der Waals surface area (Å²) in [5.74, 6) is -0.0520. The van der Waals surface area contributed by atoms with Crippen molar-refractivity contribution in [3.05, 3.63) is 54.0 Å². The number of rotatable bonds is 9. The molecule has 41 heavy (non-hydrogen) atoms. The Labute approximate surface area is 238 Å². The number of aromatic nitrogens is 4. The van der Waals surface area contributed by atoms with Gasteiger partial charge in [0.05, 0.1) is 11.9 Å². The molecule has 12 heteroatoms. The number of amides is 2. The number of carbonyl (C=O) groups excluding carboxylic acids is 2. The van der Waals surface area contributed by atoms with Crippen molar-refractivity contribution < 1.29 is 18.7 Å². The van der Waals surface area contributed by atoms with Crippen LogP contribution in [-0.2, 0) is 20.9 Å². The highest BCUT2D eigenvalue weighted by atomic mass is 19.1. The third-order valence-electron chi connectivity index (χ3n) is 7.57. The van der Waals surface area contributed by atoms with Crippen molar-refractivity contribution in [1.82, 2.24) is 24.5 Å². The zero-order valence-corrected chi connectivity index (χ0v) is 23.5. The number of likely N-dealkylation sites (tertiary alicyclic amines) is 1. The summed E-state index contributed by atoms with van der Waals surface area (Å²) in [5.41, 5.74) is 2.50. The Morgan fingerprint density at radius 1 is 1.20 bits per heavy atom. The summed E-state index contributed by atoms with van der Waals surface area (Å²) >= 11 is 0. The molecule has 2 fully saturated rings. The van der Waals surface area contributed by atoms with Crippen LogP contribution in [0.4, 0.5) is 22.0 Å². The lowest BCUT2D eigenvalue weighted by Gasteiger charge is -2.34. The molecule has 4 heterocycles. The van der Waals surface area contributed by atoms with Crippen LogP contribution in [0.1, 0.15) is 63.0 Å². The van der Waals surface area contributed by atoms with Crippen LogP contribution >= 0.6 is 0 Å². The predicted octanol–water partition coefficient (Wildman–Crippen LogP) is 4.10. The lowest BCUT2D eigenvalue weighted by molar-refractivity contribution is -0.136. The Bertz CT molecular complexity index is 1420. The molecule has 3 aromatic rings. The number of nitrogens with one attached hydrogen (secondary N) is 3. The summed E-state index contributed by atoms with van der Waals surface area (Å²) in [6.45, 7) is 9.88. The number of carbonyl (C=O) groups is 2. The summed E-state index contributed by atoms with van der Waals surface area (Å²) < 4.78 is 21.9.